The van der Waals surface area contributed by atoms with Gasteiger partial charge in [0, 0.05) is 273 Å². The first-order chi connectivity index (χ1) is 61.4. The van der Waals surface area contributed by atoms with Crippen LogP contribution in [0.25, 0.3) is 135 Å². The molecule has 0 amide bonds. The van der Waals surface area contributed by atoms with Gasteiger partial charge in [0.1, 0.15) is 23.3 Å². The lowest BCUT2D eigenvalue weighted by Crippen LogP contribution is -2.28. The van der Waals surface area contributed by atoms with Crippen LogP contribution in [0.5, 0.6) is 0 Å². The van der Waals surface area contributed by atoms with Crippen molar-refractivity contribution in [3.05, 3.63) is 221 Å². The number of nitrogens with zero attached hydrogens (tertiary/aromatic N) is 24. The molecule has 1 saturated carbocycles. The van der Waals surface area contributed by atoms with Crippen molar-refractivity contribution in [1.29, 1.82) is 0 Å². The van der Waals surface area contributed by atoms with Crippen LogP contribution in [0.4, 0.5) is 32.1 Å². The normalized spacial score (nSPS) is 14.3. The van der Waals surface area contributed by atoms with Crippen LogP contribution in [0.2, 0.25) is 0 Å². The monoisotopic (exact) mass is 1710 g/mol. The lowest BCUT2D eigenvalue weighted by molar-refractivity contribution is -0.0443. The SMILES string of the molecule is Cn1cc(-c2cccc(-c3ncc(-c4ccn(C)n4)c(NC4CCOCC4)n3)c2)cn1.Cn1cc(-c2cccc(-c3ncc(-c4cnn(C)c4)c(NC4CCOCC4)n3)c2)cn1.Cn1cc(-c2cccc(-c3ncc(-c4cnn(C)c4)c(NCC4CCC(F)(F)CC4)n3)c2)cn1.Cn1cc(-c2cccc(-c3ncc(-c4cnn(C)c4)c(NCCC(C)(C)O)n3)c2)cn1. The maximum atomic E-state index is 13.6. The van der Waals surface area contributed by atoms with Crippen molar-refractivity contribution in [2.45, 2.75) is 95.2 Å². The molecule has 4 aromatic carbocycles. The fourth-order valence-electron chi connectivity index (χ4n) is 15.4. The summed E-state index contributed by atoms with van der Waals surface area (Å²) in [7, 11) is 15.2. The molecule has 5 N–H and O–H groups in total. The summed E-state index contributed by atoms with van der Waals surface area (Å²) in [5.74, 6) is 3.29. The maximum Gasteiger partial charge on any atom is 0.248 e. The molecule has 0 bridgehead atoms. The second-order valence-corrected chi connectivity index (χ2v) is 33.1. The number of alkyl halides is 2. The summed E-state index contributed by atoms with van der Waals surface area (Å²) in [6.45, 7) is 7.84. The summed E-state index contributed by atoms with van der Waals surface area (Å²) in [6.07, 6.45) is 41.2. The lowest BCUT2D eigenvalue weighted by atomic mass is 9.87. The summed E-state index contributed by atoms with van der Waals surface area (Å²) in [4.78, 5) is 38.2. The van der Waals surface area contributed by atoms with Crippen LogP contribution in [0.1, 0.15) is 71.6 Å². The van der Waals surface area contributed by atoms with Crippen molar-refractivity contribution >= 4 is 23.3 Å². The molecule has 0 atom stereocenters. The van der Waals surface area contributed by atoms with Crippen LogP contribution < -0.4 is 21.3 Å². The van der Waals surface area contributed by atoms with Gasteiger partial charge in [-0.1, -0.05) is 72.8 Å². The number of ether oxygens (including phenoxy) is 2. The molecule has 0 radical (unpaired) electrons. The maximum absolute atomic E-state index is 13.6. The molecule has 16 aromatic rings. The van der Waals surface area contributed by atoms with Gasteiger partial charge in [-0.15, -0.1) is 0 Å². The van der Waals surface area contributed by atoms with E-state index in [0.29, 0.717) is 79.4 Å². The number of nitrogens with one attached hydrogen (secondary N) is 4. The van der Waals surface area contributed by atoms with E-state index >= 15 is 0 Å². The van der Waals surface area contributed by atoms with Crippen molar-refractivity contribution in [2.75, 3.05) is 60.8 Å². The van der Waals surface area contributed by atoms with Crippen molar-refractivity contribution in [3.8, 4) is 135 Å². The van der Waals surface area contributed by atoms with E-state index in [1.165, 1.54) is 0 Å². The molecule has 3 aliphatic rings. The molecule has 19 rings (SSSR count). The van der Waals surface area contributed by atoms with Gasteiger partial charge >= 0.3 is 0 Å². The van der Waals surface area contributed by atoms with Gasteiger partial charge in [0.15, 0.2) is 23.3 Å². The number of hydrogen-bond donors (Lipinski definition) is 5. The third-order valence-corrected chi connectivity index (χ3v) is 22.4. The van der Waals surface area contributed by atoms with E-state index in [9.17, 15) is 13.9 Å². The highest BCUT2D eigenvalue weighted by Crippen LogP contribution is 2.40. The average Bonchev–Trinajstić information content (AvgIpc) is 1.79. The van der Waals surface area contributed by atoms with Crippen LogP contribution in [-0.2, 0) is 65.9 Å². The Bertz CT molecular complexity index is 6190. The fraction of sp³-hybridized carbons (Fsp3) is 0.319. The number of aryl methyl sites for hydroxylation is 8. The molecular weight excluding hydrogens is 1610 g/mol. The van der Waals surface area contributed by atoms with Crippen molar-refractivity contribution in [2.24, 2.45) is 62.3 Å². The number of rotatable bonds is 23. The van der Waals surface area contributed by atoms with E-state index in [2.05, 4.69) is 107 Å². The zero-order chi connectivity index (χ0) is 88.1. The molecule has 3 fully saturated rings. The van der Waals surface area contributed by atoms with Gasteiger partial charge in [-0.3, -0.25) is 37.5 Å². The molecule has 1 aliphatic carbocycles. The van der Waals surface area contributed by atoms with Crippen LogP contribution in [0.3, 0.4) is 0 Å². The zero-order valence-corrected chi connectivity index (χ0v) is 72.9. The summed E-state index contributed by atoms with van der Waals surface area (Å²) in [5, 5.41) is 58.6. The van der Waals surface area contributed by atoms with Crippen molar-refractivity contribution in [1.82, 2.24) is 118 Å². The topological polar surface area (TPSA) is 332 Å². The molecule has 652 valence electrons. The van der Waals surface area contributed by atoms with E-state index in [1.807, 2.05) is 228 Å². The van der Waals surface area contributed by atoms with Gasteiger partial charge in [0.05, 0.1) is 60.2 Å². The molecule has 2 aliphatic heterocycles. The molecule has 12 aromatic heterocycles. The van der Waals surface area contributed by atoms with Crippen molar-refractivity contribution < 1.29 is 23.4 Å². The Morgan fingerprint density at radius 1 is 0.370 bits per heavy atom. The van der Waals surface area contributed by atoms with Crippen LogP contribution in [-0.4, -0.2) is 186 Å². The van der Waals surface area contributed by atoms with Gasteiger partial charge in [-0.05, 0) is 117 Å². The molecule has 0 spiro atoms. The predicted molar refractivity (Wildman–Crippen MR) is 487 cm³/mol. The third-order valence-electron chi connectivity index (χ3n) is 22.4. The van der Waals surface area contributed by atoms with Gasteiger partial charge < -0.3 is 35.8 Å². The largest absolute Gasteiger partial charge is 0.390 e. The van der Waals surface area contributed by atoms with Gasteiger partial charge in [0.25, 0.3) is 0 Å². The predicted octanol–water partition coefficient (Wildman–Crippen LogP) is 15.8. The Morgan fingerprint density at radius 3 is 1.00 bits per heavy atom. The first kappa shape index (κ1) is 86.3. The smallest absolute Gasteiger partial charge is 0.248 e. The number of halogens is 2. The van der Waals surface area contributed by atoms with Gasteiger partial charge in [-0.2, -0.15) is 40.8 Å². The van der Waals surface area contributed by atoms with E-state index in [1.54, 1.807) is 69.9 Å². The van der Waals surface area contributed by atoms with E-state index in [0.717, 1.165) is 175 Å². The summed E-state index contributed by atoms with van der Waals surface area (Å²) >= 11 is 0. The van der Waals surface area contributed by atoms with E-state index in [4.69, 9.17) is 34.4 Å². The standard InChI is InChI=1S/C25H27F2N7.2C23H25N7O.C23H27N7O/c1-33-15-20(12-30-33)18-4-3-5-19(10-18)23-29-14-22(21-13-31-34(2)16-21)24(32-23)28-11-17-6-8-25(26,27)9-7-17;1-29-9-6-21(28-29)20-14-24-22(27-23(20)26-19-7-10-31-11-8-19)17-5-3-4-16(12-17)18-13-25-30(2)15-18;1-29-14-18(11-25-29)16-4-3-5-17(10-16)22-24-13-21(19-12-26-30(2)15-19)23(28-22)27-20-6-8-31-9-7-20;1-23(2,31)8-9-24-22-20(19-12-27-30(4)15-19)13-25-21(28-22)17-7-5-6-16(10-17)18-11-26-29(3)14-18/h3-5,10,12-17H,6-9,11H2,1-2H3,(H,28,29,32);3-6,9,12-15,19H,7-8,10-11H2,1-2H3,(H,24,26,27);3-5,10-15,20H,6-9H2,1-2H3,(H,24,27,28);5-7,10-15,31H,8-9H2,1-4H3,(H,24,25,28). The second kappa shape index (κ2) is 38.9. The van der Waals surface area contributed by atoms with Crippen molar-refractivity contribution in [3.63, 3.8) is 0 Å². The Labute approximate surface area is 734 Å². The Balaban J connectivity index is 0.000000125. The number of hydrogen-bond acceptors (Lipinski definition) is 23. The van der Waals surface area contributed by atoms with Crippen LogP contribution in [0, 0.1) is 5.92 Å². The summed E-state index contributed by atoms with van der Waals surface area (Å²) in [6, 6.07) is 35.3. The highest BCUT2D eigenvalue weighted by molar-refractivity contribution is 5.81. The molecule has 127 heavy (non-hydrogen) atoms. The highest BCUT2D eigenvalue weighted by atomic mass is 19.3. The number of aliphatic hydroxyl groups is 1. The molecule has 33 heteroatoms. The third kappa shape index (κ3) is 22.3. The molecular formula is C94H104F2N28O3. The molecule has 0 unspecified atom stereocenters. The number of anilines is 4. The summed E-state index contributed by atoms with van der Waals surface area (Å²) < 4.78 is 52.4. The molecule has 14 heterocycles. The molecule has 2 saturated heterocycles. The minimum absolute atomic E-state index is 0.0506. The quantitative estimate of drug-likeness (QED) is 0.0397. The van der Waals surface area contributed by atoms with E-state index in [-0.39, 0.29) is 18.8 Å². The molecule has 31 nitrogen and oxygen atoms in total. The first-order valence-corrected chi connectivity index (χ1v) is 42.6. The number of benzene rings is 4. The fourth-order valence-corrected chi connectivity index (χ4v) is 15.4. The summed E-state index contributed by atoms with van der Waals surface area (Å²) in [5.41, 5.74) is 18.7. The Kier molecular flexibility index (Phi) is 26.5. The first-order valence-electron chi connectivity index (χ1n) is 42.6. The van der Waals surface area contributed by atoms with Crippen LogP contribution >= 0.6 is 0 Å². The number of aromatic nitrogens is 24. The minimum Gasteiger partial charge on any atom is -0.390 e. The van der Waals surface area contributed by atoms with Crippen LogP contribution in [0.15, 0.2) is 221 Å². The van der Waals surface area contributed by atoms with Gasteiger partial charge in [-0.25, -0.2) is 48.7 Å². The highest BCUT2D eigenvalue weighted by Gasteiger charge is 2.35. The Hall–Kier alpha value is -14.2. The van der Waals surface area contributed by atoms with Gasteiger partial charge in [0.2, 0.25) is 5.92 Å². The minimum atomic E-state index is -2.53. The lowest BCUT2D eigenvalue weighted by Gasteiger charge is -2.28. The average molecular weight is 1710 g/mol. The van der Waals surface area contributed by atoms with E-state index < -0.39 is 11.5 Å². The zero-order valence-electron chi connectivity index (χ0n) is 72.9. The second-order valence-electron chi connectivity index (χ2n) is 33.1. The Morgan fingerprint density at radius 2 is 0.677 bits per heavy atom.